The molecule has 1 heterocycles. The van der Waals surface area contributed by atoms with Gasteiger partial charge in [-0.2, -0.15) is 0 Å². The molecule has 0 atom stereocenters. The van der Waals surface area contributed by atoms with Gasteiger partial charge in [0.2, 0.25) is 0 Å². The van der Waals surface area contributed by atoms with E-state index in [0.29, 0.717) is 5.69 Å². The summed E-state index contributed by atoms with van der Waals surface area (Å²) in [6.45, 7) is 0. The molecule has 58 valence electrons. The molecule has 0 radical (unpaired) electrons. The van der Waals surface area contributed by atoms with E-state index in [1.165, 1.54) is 18.5 Å². The number of hydrogen-bond donors (Lipinski definition) is 1. The summed E-state index contributed by atoms with van der Waals surface area (Å²) in [4.78, 5) is 13.6. The normalized spacial score (nSPS) is 9.18. The van der Waals surface area contributed by atoms with Crippen LogP contribution in [0.5, 0.6) is 0 Å². The molecule has 11 heavy (non-hydrogen) atoms. The third-order valence-electron chi connectivity index (χ3n) is 1.26. The van der Waals surface area contributed by atoms with Crippen LogP contribution in [-0.2, 0) is 0 Å². The van der Waals surface area contributed by atoms with E-state index in [-0.39, 0.29) is 5.69 Å². The number of nitro groups is 1. The van der Waals surface area contributed by atoms with E-state index in [1.807, 2.05) is 0 Å². The average molecular weight is 153 g/mol. The number of nitrogens with one attached hydrogen (secondary N) is 1. The van der Waals surface area contributed by atoms with Crippen molar-refractivity contribution in [2.45, 2.75) is 0 Å². The zero-order valence-corrected chi connectivity index (χ0v) is 5.94. The second-order valence-electron chi connectivity index (χ2n) is 1.90. The highest BCUT2D eigenvalue weighted by Crippen LogP contribution is 2.20. The number of aromatic nitrogens is 1. The zero-order chi connectivity index (χ0) is 8.27. The van der Waals surface area contributed by atoms with Gasteiger partial charge in [0.05, 0.1) is 11.1 Å². The monoisotopic (exact) mass is 153 g/mol. The Kier molecular flexibility index (Phi) is 2.00. The highest BCUT2D eigenvalue weighted by molar-refractivity contribution is 5.58. The SMILES string of the molecule is CNc1cnccc1[N+](=O)[O-]. The van der Waals surface area contributed by atoms with E-state index in [0.717, 1.165) is 0 Å². The average Bonchev–Trinajstić information content (AvgIpc) is 2.04. The molecule has 0 saturated heterocycles. The lowest BCUT2D eigenvalue weighted by Gasteiger charge is -1.98. The maximum absolute atomic E-state index is 10.3. The lowest BCUT2D eigenvalue weighted by molar-refractivity contribution is -0.384. The highest BCUT2D eigenvalue weighted by Gasteiger charge is 2.10. The second kappa shape index (κ2) is 2.96. The Morgan fingerprint density at radius 3 is 2.91 bits per heavy atom. The van der Waals surface area contributed by atoms with Gasteiger partial charge in [-0.1, -0.05) is 0 Å². The molecule has 0 aliphatic heterocycles. The first-order chi connectivity index (χ1) is 5.25. The van der Waals surface area contributed by atoms with Crippen molar-refractivity contribution in [2.24, 2.45) is 0 Å². The van der Waals surface area contributed by atoms with Crippen molar-refractivity contribution in [1.29, 1.82) is 0 Å². The van der Waals surface area contributed by atoms with Crippen LogP contribution in [0.15, 0.2) is 18.5 Å². The van der Waals surface area contributed by atoms with Gasteiger partial charge in [0.1, 0.15) is 5.69 Å². The van der Waals surface area contributed by atoms with E-state index >= 15 is 0 Å². The minimum absolute atomic E-state index is 0.0440. The van der Waals surface area contributed by atoms with E-state index in [9.17, 15) is 10.1 Å². The van der Waals surface area contributed by atoms with E-state index in [4.69, 9.17) is 0 Å². The van der Waals surface area contributed by atoms with Crippen molar-refractivity contribution in [3.63, 3.8) is 0 Å². The smallest absolute Gasteiger partial charge is 0.295 e. The molecule has 1 rings (SSSR count). The molecule has 1 N–H and O–H groups in total. The van der Waals surface area contributed by atoms with Crippen LogP contribution >= 0.6 is 0 Å². The Balaban J connectivity index is 3.12. The van der Waals surface area contributed by atoms with Crippen LogP contribution in [0.4, 0.5) is 11.4 Å². The largest absolute Gasteiger partial charge is 0.381 e. The fraction of sp³-hybridized carbons (Fsp3) is 0.167. The van der Waals surface area contributed by atoms with Gasteiger partial charge in [0, 0.05) is 19.3 Å². The molecule has 0 bridgehead atoms. The van der Waals surface area contributed by atoms with E-state index < -0.39 is 4.92 Å². The fourth-order valence-corrected chi connectivity index (χ4v) is 0.739. The van der Waals surface area contributed by atoms with Gasteiger partial charge in [-0.25, -0.2) is 0 Å². The van der Waals surface area contributed by atoms with E-state index in [1.54, 1.807) is 7.05 Å². The third kappa shape index (κ3) is 1.43. The molecule has 0 aliphatic rings. The summed E-state index contributed by atoms with van der Waals surface area (Å²) in [5.41, 5.74) is 0.472. The number of anilines is 1. The first kappa shape index (κ1) is 7.46. The van der Waals surface area contributed by atoms with Gasteiger partial charge in [-0.15, -0.1) is 0 Å². The van der Waals surface area contributed by atoms with Crippen molar-refractivity contribution in [3.8, 4) is 0 Å². The second-order valence-corrected chi connectivity index (χ2v) is 1.90. The minimum atomic E-state index is -0.451. The molecule has 0 aromatic carbocycles. The molecule has 0 spiro atoms. The van der Waals surface area contributed by atoms with E-state index in [2.05, 4.69) is 10.3 Å². The molecular weight excluding hydrogens is 146 g/mol. The standard InChI is InChI=1S/C6H7N3O2/c1-7-5-4-8-3-2-6(5)9(10)11/h2-4,7H,1H3. The Morgan fingerprint density at radius 1 is 1.73 bits per heavy atom. The van der Waals surface area contributed by atoms with Crippen LogP contribution in [0.1, 0.15) is 0 Å². The predicted octanol–water partition coefficient (Wildman–Crippen LogP) is 1.03. The van der Waals surface area contributed by atoms with Crippen LogP contribution < -0.4 is 5.32 Å². The lowest BCUT2D eigenvalue weighted by Crippen LogP contribution is -1.96. The summed E-state index contributed by atoms with van der Waals surface area (Å²) in [5.74, 6) is 0. The van der Waals surface area contributed by atoms with Crippen molar-refractivity contribution in [1.82, 2.24) is 4.98 Å². The van der Waals surface area contributed by atoms with Crippen molar-refractivity contribution >= 4 is 11.4 Å². The first-order valence-electron chi connectivity index (χ1n) is 3.02. The molecule has 0 saturated carbocycles. The van der Waals surface area contributed by atoms with Gasteiger partial charge < -0.3 is 5.32 Å². The highest BCUT2D eigenvalue weighted by atomic mass is 16.6. The molecule has 5 nitrogen and oxygen atoms in total. The Labute approximate surface area is 63.2 Å². The maximum atomic E-state index is 10.3. The lowest BCUT2D eigenvalue weighted by atomic mass is 10.3. The minimum Gasteiger partial charge on any atom is -0.381 e. The maximum Gasteiger partial charge on any atom is 0.295 e. The zero-order valence-electron chi connectivity index (χ0n) is 5.94. The van der Waals surface area contributed by atoms with Gasteiger partial charge >= 0.3 is 0 Å². The number of nitrogens with zero attached hydrogens (tertiary/aromatic N) is 2. The molecule has 0 unspecified atom stereocenters. The van der Waals surface area contributed by atoms with Crippen LogP contribution in [0.3, 0.4) is 0 Å². The first-order valence-corrected chi connectivity index (χ1v) is 3.02. The van der Waals surface area contributed by atoms with Gasteiger partial charge in [-0.3, -0.25) is 15.1 Å². The van der Waals surface area contributed by atoms with Crippen LogP contribution in [0.2, 0.25) is 0 Å². The Morgan fingerprint density at radius 2 is 2.45 bits per heavy atom. The van der Waals surface area contributed by atoms with Crippen LogP contribution in [-0.4, -0.2) is 17.0 Å². The third-order valence-corrected chi connectivity index (χ3v) is 1.26. The summed E-state index contributed by atoms with van der Waals surface area (Å²) in [7, 11) is 1.62. The molecule has 0 amide bonds. The summed E-state index contributed by atoms with van der Waals surface area (Å²) < 4.78 is 0. The van der Waals surface area contributed by atoms with Crippen LogP contribution in [0, 0.1) is 10.1 Å². The fourth-order valence-electron chi connectivity index (χ4n) is 0.739. The molecule has 1 aromatic rings. The van der Waals surface area contributed by atoms with Crippen molar-refractivity contribution in [2.75, 3.05) is 12.4 Å². The Bertz CT molecular complexity index is 274. The molecule has 1 aromatic heterocycles. The summed E-state index contributed by atoms with van der Waals surface area (Å²) in [6, 6.07) is 1.35. The predicted molar refractivity (Wildman–Crippen MR) is 40.4 cm³/mol. The number of hydrogen-bond acceptors (Lipinski definition) is 4. The summed E-state index contributed by atoms with van der Waals surface area (Å²) in [6.07, 6.45) is 2.80. The van der Waals surface area contributed by atoms with Crippen molar-refractivity contribution < 1.29 is 4.92 Å². The quantitative estimate of drug-likeness (QED) is 0.509. The number of rotatable bonds is 2. The molecular formula is C6H7N3O2. The van der Waals surface area contributed by atoms with Gasteiger partial charge in [0.15, 0.2) is 0 Å². The van der Waals surface area contributed by atoms with Gasteiger partial charge in [-0.05, 0) is 0 Å². The van der Waals surface area contributed by atoms with Gasteiger partial charge in [0.25, 0.3) is 5.69 Å². The van der Waals surface area contributed by atoms with Crippen LogP contribution in [0.25, 0.3) is 0 Å². The summed E-state index contributed by atoms with van der Waals surface area (Å²) in [5, 5.41) is 13.0. The summed E-state index contributed by atoms with van der Waals surface area (Å²) >= 11 is 0. The topological polar surface area (TPSA) is 68.1 Å². The Hall–Kier alpha value is -1.65. The van der Waals surface area contributed by atoms with Crippen molar-refractivity contribution in [3.05, 3.63) is 28.6 Å². The molecule has 0 fully saturated rings. The molecule has 0 aliphatic carbocycles. The molecule has 5 heteroatoms. The number of pyridine rings is 1.